The second-order valence-corrected chi connectivity index (χ2v) is 5.60. The number of aromatic hydroxyl groups is 1. The van der Waals surface area contributed by atoms with E-state index in [0.29, 0.717) is 0 Å². The Labute approximate surface area is 114 Å². The molecule has 0 atom stereocenters. The Morgan fingerprint density at radius 3 is 2.58 bits per heavy atom. The van der Waals surface area contributed by atoms with E-state index in [0.717, 1.165) is 4.68 Å². The molecule has 0 unspecified atom stereocenters. The first kappa shape index (κ1) is 13.5. The summed E-state index contributed by atoms with van der Waals surface area (Å²) in [5.41, 5.74) is 5.81. The van der Waals surface area contributed by atoms with Gasteiger partial charge in [-0.2, -0.15) is 4.68 Å². The summed E-state index contributed by atoms with van der Waals surface area (Å²) in [6.07, 6.45) is 0. The molecule has 0 aliphatic rings. The van der Waals surface area contributed by atoms with Crippen molar-refractivity contribution in [3.63, 3.8) is 0 Å². The molecule has 1 aromatic heterocycles. The Morgan fingerprint density at radius 2 is 2.05 bits per heavy atom. The number of nitrogens with two attached hydrogens (primary N) is 1. The lowest BCUT2D eigenvalue weighted by atomic mass is 9.97. The number of nitrogens with zero attached hydrogens (tertiary/aromatic N) is 2. The molecule has 0 saturated heterocycles. The van der Waals surface area contributed by atoms with E-state index in [2.05, 4.69) is 5.10 Å². The highest BCUT2D eigenvalue weighted by Crippen LogP contribution is 2.30. The molecular weight excluding hydrogens is 270 g/mol. The first-order chi connectivity index (χ1) is 8.70. The van der Waals surface area contributed by atoms with Crippen LogP contribution < -0.4 is 11.5 Å². The average Bonchev–Trinajstić information content (AvgIpc) is 2.65. The number of nitrogen functional groups attached to an aromatic ring is 1. The van der Waals surface area contributed by atoms with Crippen molar-refractivity contribution >= 4 is 17.3 Å². The third kappa shape index (κ3) is 2.44. The van der Waals surface area contributed by atoms with Crippen LogP contribution in [0.15, 0.2) is 21.3 Å². The number of phenols is 1. The van der Waals surface area contributed by atoms with Crippen molar-refractivity contribution in [2.75, 3.05) is 5.73 Å². The second-order valence-electron chi connectivity index (χ2n) is 5.20. The molecule has 0 amide bonds. The van der Waals surface area contributed by atoms with Gasteiger partial charge in [0.05, 0.1) is 16.4 Å². The quantitative estimate of drug-likeness (QED) is 0.617. The fourth-order valence-electron chi connectivity index (χ4n) is 1.48. The molecule has 6 nitrogen and oxygen atoms in total. The summed E-state index contributed by atoms with van der Waals surface area (Å²) in [5.74, 6) is -0.567. The van der Waals surface area contributed by atoms with Gasteiger partial charge >= 0.3 is 5.76 Å². The van der Waals surface area contributed by atoms with E-state index in [1.165, 1.54) is 12.1 Å². The number of hydrogen-bond donors (Lipinski definition) is 2. The highest BCUT2D eigenvalue weighted by Gasteiger charge is 2.23. The average molecular weight is 284 g/mol. The van der Waals surface area contributed by atoms with Gasteiger partial charge in [0.25, 0.3) is 0 Å². The molecule has 0 aliphatic carbocycles. The second kappa shape index (κ2) is 4.31. The van der Waals surface area contributed by atoms with E-state index in [-0.39, 0.29) is 28.0 Å². The van der Waals surface area contributed by atoms with Crippen molar-refractivity contribution < 1.29 is 9.52 Å². The molecule has 2 aromatic rings. The van der Waals surface area contributed by atoms with Crippen LogP contribution in [-0.2, 0) is 5.41 Å². The zero-order chi connectivity index (χ0) is 14.4. The van der Waals surface area contributed by atoms with Gasteiger partial charge in [0, 0.05) is 11.5 Å². The molecule has 19 heavy (non-hydrogen) atoms. The largest absolute Gasteiger partial charge is 0.506 e. The predicted molar refractivity (Wildman–Crippen MR) is 71.9 cm³/mol. The van der Waals surface area contributed by atoms with E-state index in [9.17, 15) is 9.90 Å². The summed E-state index contributed by atoms with van der Waals surface area (Å²) >= 11 is 5.73. The Balaban J connectivity index is 2.64. The molecular formula is C12H14ClN3O3. The van der Waals surface area contributed by atoms with E-state index in [4.69, 9.17) is 21.8 Å². The molecule has 0 fully saturated rings. The Morgan fingerprint density at radius 1 is 1.42 bits per heavy atom. The lowest BCUT2D eigenvalue weighted by Crippen LogP contribution is -2.15. The summed E-state index contributed by atoms with van der Waals surface area (Å²) in [6, 6.07) is 2.62. The van der Waals surface area contributed by atoms with Crippen molar-refractivity contribution in [1.29, 1.82) is 0 Å². The molecule has 0 aliphatic heterocycles. The van der Waals surface area contributed by atoms with E-state index >= 15 is 0 Å². The number of halogens is 1. The van der Waals surface area contributed by atoms with Crippen molar-refractivity contribution in [2.45, 2.75) is 26.2 Å². The standard InChI is InChI=1S/C12H14ClN3O3/c1-12(2,3)10-15-16(11(18)19-10)8-5-9(17)6(13)4-7(8)14/h4-5,17H,14H2,1-3H3. The van der Waals surface area contributed by atoms with Crippen LogP contribution in [0.3, 0.4) is 0 Å². The molecule has 7 heteroatoms. The maximum Gasteiger partial charge on any atom is 0.442 e. The van der Waals surface area contributed by atoms with Crippen LogP contribution in [0.5, 0.6) is 5.75 Å². The normalized spacial score (nSPS) is 11.8. The van der Waals surface area contributed by atoms with Crippen LogP contribution in [0.2, 0.25) is 5.02 Å². The Bertz CT molecular complexity index is 683. The van der Waals surface area contributed by atoms with Crippen molar-refractivity contribution in [3.8, 4) is 11.4 Å². The monoisotopic (exact) mass is 283 g/mol. The summed E-state index contributed by atoms with van der Waals surface area (Å²) in [5, 5.41) is 13.8. The van der Waals surface area contributed by atoms with Crippen LogP contribution in [0.1, 0.15) is 26.7 Å². The van der Waals surface area contributed by atoms with Crippen LogP contribution in [0, 0.1) is 0 Å². The summed E-state index contributed by atoms with van der Waals surface area (Å²) in [6.45, 7) is 5.60. The highest BCUT2D eigenvalue weighted by atomic mass is 35.5. The van der Waals surface area contributed by atoms with Gasteiger partial charge in [-0.25, -0.2) is 4.79 Å². The molecule has 0 bridgehead atoms. The number of benzene rings is 1. The van der Waals surface area contributed by atoms with Crippen LogP contribution in [0.4, 0.5) is 5.69 Å². The van der Waals surface area contributed by atoms with Crippen LogP contribution in [0.25, 0.3) is 5.69 Å². The smallest absolute Gasteiger partial charge is 0.442 e. The maximum atomic E-state index is 11.8. The van der Waals surface area contributed by atoms with Gasteiger partial charge in [-0.1, -0.05) is 32.4 Å². The van der Waals surface area contributed by atoms with E-state index in [1.807, 2.05) is 20.8 Å². The van der Waals surface area contributed by atoms with Crippen molar-refractivity contribution in [2.24, 2.45) is 0 Å². The molecule has 0 spiro atoms. The van der Waals surface area contributed by atoms with Gasteiger partial charge in [-0.3, -0.25) is 0 Å². The van der Waals surface area contributed by atoms with Gasteiger partial charge in [0.15, 0.2) is 0 Å². The van der Waals surface area contributed by atoms with E-state index < -0.39 is 11.2 Å². The first-order valence-corrected chi connectivity index (χ1v) is 5.97. The fourth-order valence-corrected chi connectivity index (χ4v) is 1.66. The number of phenolic OH excluding ortho intramolecular Hbond substituents is 1. The summed E-state index contributed by atoms with van der Waals surface area (Å²) < 4.78 is 6.09. The summed E-state index contributed by atoms with van der Waals surface area (Å²) in [4.78, 5) is 11.8. The van der Waals surface area contributed by atoms with Crippen LogP contribution in [-0.4, -0.2) is 14.9 Å². The molecule has 0 saturated carbocycles. The van der Waals surface area contributed by atoms with Gasteiger partial charge in [-0.05, 0) is 6.07 Å². The minimum absolute atomic E-state index is 0.105. The fraction of sp³-hybridized carbons (Fsp3) is 0.333. The van der Waals surface area contributed by atoms with Gasteiger partial charge in [0.1, 0.15) is 5.75 Å². The first-order valence-electron chi connectivity index (χ1n) is 5.59. The molecule has 2 rings (SSSR count). The minimum Gasteiger partial charge on any atom is -0.506 e. The van der Waals surface area contributed by atoms with Crippen molar-refractivity contribution in [1.82, 2.24) is 9.78 Å². The maximum absolute atomic E-state index is 11.8. The predicted octanol–water partition coefficient (Wildman–Crippen LogP) is 2.06. The highest BCUT2D eigenvalue weighted by molar-refractivity contribution is 6.32. The molecule has 1 heterocycles. The van der Waals surface area contributed by atoms with Crippen molar-refractivity contribution in [3.05, 3.63) is 33.6 Å². The van der Waals surface area contributed by atoms with Crippen LogP contribution >= 0.6 is 11.6 Å². The minimum atomic E-state index is -0.668. The SMILES string of the molecule is CC(C)(C)c1nn(-c2cc(O)c(Cl)cc2N)c(=O)o1. The Kier molecular flexibility index (Phi) is 3.06. The molecule has 102 valence electrons. The third-order valence-electron chi connectivity index (χ3n) is 2.51. The lowest BCUT2D eigenvalue weighted by Gasteiger charge is -2.11. The number of hydrogen-bond acceptors (Lipinski definition) is 5. The third-order valence-corrected chi connectivity index (χ3v) is 2.82. The topological polar surface area (TPSA) is 94.3 Å². The molecule has 3 N–H and O–H groups in total. The molecule has 0 radical (unpaired) electrons. The van der Waals surface area contributed by atoms with Gasteiger partial charge in [-0.15, -0.1) is 5.10 Å². The molecule has 1 aromatic carbocycles. The van der Waals surface area contributed by atoms with E-state index in [1.54, 1.807) is 0 Å². The zero-order valence-corrected chi connectivity index (χ0v) is 11.5. The zero-order valence-electron chi connectivity index (χ0n) is 10.8. The number of anilines is 1. The Hall–Kier alpha value is -1.95. The number of aromatic nitrogens is 2. The number of rotatable bonds is 1. The van der Waals surface area contributed by atoms with Gasteiger partial charge in [0.2, 0.25) is 5.89 Å². The lowest BCUT2D eigenvalue weighted by molar-refractivity contribution is 0.375. The summed E-state index contributed by atoms with van der Waals surface area (Å²) in [7, 11) is 0. The van der Waals surface area contributed by atoms with Gasteiger partial charge < -0.3 is 15.3 Å².